The van der Waals surface area contributed by atoms with Crippen molar-refractivity contribution in [1.82, 2.24) is 14.8 Å². The van der Waals surface area contributed by atoms with Crippen LogP contribution < -0.4 is 0 Å². The summed E-state index contributed by atoms with van der Waals surface area (Å²) >= 11 is 0. The Bertz CT molecular complexity index is 819. The number of H-pyrrole nitrogens is 1. The van der Waals surface area contributed by atoms with Crippen LogP contribution in [0.5, 0.6) is 5.75 Å². The van der Waals surface area contributed by atoms with Gasteiger partial charge in [-0.1, -0.05) is 12.1 Å². The summed E-state index contributed by atoms with van der Waals surface area (Å²) in [6.07, 6.45) is 1.52. The molecule has 0 radical (unpaired) electrons. The molecule has 25 heavy (non-hydrogen) atoms. The van der Waals surface area contributed by atoms with Gasteiger partial charge in [-0.3, -0.25) is 14.4 Å². The zero-order valence-corrected chi connectivity index (χ0v) is 13.9. The van der Waals surface area contributed by atoms with Gasteiger partial charge in [0.15, 0.2) is 5.78 Å². The molecular weight excluding hydrogens is 322 g/mol. The van der Waals surface area contributed by atoms with E-state index in [2.05, 4.69) is 4.98 Å². The second-order valence-corrected chi connectivity index (χ2v) is 5.96. The monoisotopic (exact) mass is 341 g/mol. The molecule has 1 fully saturated rings. The van der Waals surface area contributed by atoms with E-state index in [0.717, 1.165) is 0 Å². The van der Waals surface area contributed by atoms with Crippen molar-refractivity contribution < 1.29 is 19.5 Å². The second kappa shape index (κ2) is 6.80. The zero-order chi connectivity index (χ0) is 18.0. The Morgan fingerprint density at radius 3 is 2.16 bits per heavy atom. The number of piperazine rings is 1. The average molecular weight is 341 g/mol. The minimum Gasteiger partial charge on any atom is -0.507 e. The van der Waals surface area contributed by atoms with Crippen LogP contribution in [0, 0.1) is 0 Å². The summed E-state index contributed by atoms with van der Waals surface area (Å²) in [6, 6.07) is 7.96. The first-order chi connectivity index (χ1) is 12.0. The fourth-order valence-electron chi connectivity index (χ4n) is 2.83. The number of ketones is 1. The molecule has 2 amide bonds. The fourth-order valence-corrected chi connectivity index (χ4v) is 2.83. The lowest BCUT2D eigenvalue weighted by Crippen LogP contribution is -2.50. The summed E-state index contributed by atoms with van der Waals surface area (Å²) in [7, 11) is 0. The molecule has 0 spiro atoms. The molecule has 1 saturated heterocycles. The maximum absolute atomic E-state index is 12.5. The number of Topliss-reactive ketones (excluding diaryl/α,β-unsaturated/α-hetero) is 1. The maximum Gasteiger partial charge on any atom is 0.270 e. The molecule has 0 bridgehead atoms. The fraction of sp³-hybridized carbons (Fsp3) is 0.278. The van der Waals surface area contributed by atoms with Crippen molar-refractivity contribution in [2.45, 2.75) is 6.92 Å². The number of rotatable bonds is 3. The Kier molecular flexibility index (Phi) is 4.56. The minimum atomic E-state index is -0.246. The van der Waals surface area contributed by atoms with Gasteiger partial charge in [0.2, 0.25) is 0 Å². The Morgan fingerprint density at radius 2 is 1.60 bits per heavy atom. The number of phenols is 1. The highest BCUT2D eigenvalue weighted by molar-refractivity contribution is 5.99. The maximum atomic E-state index is 12.5. The number of carbonyl (C=O) groups excluding carboxylic acids is 3. The van der Waals surface area contributed by atoms with Crippen molar-refractivity contribution in [1.29, 1.82) is 0 Å². The number of aromatic hydroxyl groups is 1. The quantitative estimate of drug-likeness (QED) is 0.828. The van der Waals surface area contributed by atoms with Gasteiger partial charge in [0.25, 0.3) is 11.8 Å². The molecule has 7 heteroatoms. The summed E-state index contributed by atoms with van der Waals surface area (Å²) in [6.45, 7) is 3.01. The molecule has 130 valence electrons. The van der Waals surface area contributed by atoms with Crippen LogP contribution in [0.3, 0.4) is 0 Å². The number of phenolic OH excluding ortho intramolecular Hbond substituents is 1. The molecule has 0 atom stereocenters. The molecule has 3 rings (SSSR count). The Labute approximate surface area is 144 Å². The van der Waals surface area contributed by atoms with E-state index in [0.29, 0.717) is 37.4 Å². The molecule has 1 aromatic carbocycles. The van der Waals surface area contributed by atoms with Gasteiger partial charge in [-0.05, 0) is 25.1 Å². The van der Waals surface area contributed by atoms with E-state index in [-0.39, 0.29) is 28.9 Å². The highest BCUT2D eigenvalue weighted by atomic mass is 16.3. The zero-order valence-electron chi connectivity index (χ0n) is 13.9. The van der Waals surface area contributed by atoms with Crippen LogP contribution in [0.1, 0.15) is 38.1 Å². The van der Waals surface area contributed by atoms with Crippen LogP contribution >= 0.6 is 0 Å². The summed E-state index contributed by atoms with van der Waals surface area (Å²) < 4.78 is 0. The number of nitrogens with zero attached hydrogens (tertiary/aromatic N) is 2. The normalized spacial score (nSPS) is 14.4. The number of carbonyl (C=O) groups is 3. The van der Waals surface area contributed by atoms with E-state index in [4.69, 9.17) is 0 Å². The van der Waals surface area contributed by atoms with Crippen LogP contribution in [-0.4, -0.2) is 63.7 Å². The van der Waals surface area contributed by atoms with E-state index in [1.165, 1.54) is 19.2 Å². The predicted octanol–water partition coefficient (Wildman–Crippen LogP) is 1.52. The largest absolute Gasteiger partial charge is 0.507 e. The van der Waals surface area contributed by atoms with Crippen LogP contribution in [0.4, 0.5) is 0 Å². The van der Waals surface area contributed by atoms with Crippen molar-refractivity contribution in [2.24, 2.45) is 0 Å². The molecule has 0 aliphatic carbocycles. The number of aromatic nitrogens is 1. The van der Waals surface area contributed by atoms with Crippen LogP contribution in [-0.2, 0) is 0 Å². The molecule has 2 aromatic rings. The lowest BCUT2D eigenvalue weighted by Gasteiger charge is -2.34. The molecular formula is C18H19N3O4. The summed E-state index contributed by atoms with van der Waals surface area (Å²) in [5.74, 6) is -0.589. The minimum absolute atomic E-state index is 0.0471. The van der Waals surface area contributed by atoms with E-state index in [9.17, 15) is 19.5 Å². The number of amides is 2. The van der Waals surface area contributed by atoms with Crippen molar-refractivity contribution >= 4 is 17.6 Å². The average Bonchev–Trinajstić information content (AvgIpc) is 3.11. The predicted molar refractivity (Wildman–Crippen MR) is 90.7 cm³/mol. The molecule has 0 unspecified atom stereocenters. The highest BCUT2D eigenvalue weighted by Crippen LogP contribution is 2.19. The lowest BCUT2D eigenvalue weighted by molar-refractivity contribution is 0.0531. The van der Waals surface area contributed by atoms with Crippen LogP contribution in [0.2, 0.25) is 0 Å². The van der Waals surface area contributed by atoms with Gasteiger partial charge in [-0.15, -0.1) is 0 Å². The Morgan fingerprint density at radius 1 is 1.00 bits per heavy atom. The third-order valence-electron chi connectivity index (χ3n) is 4.31. The molecule has 1 aromatic heterocycles. The molecule has 2 N–H and O–H groups in total. The number of hydrogen-bond donors (Lipinski definition) is 2. The Hall–Kier alpha value is -3.09. The Balaban J connectivity index is 1.63. The van der Waals surface area contributed by atoms with Crippen molar-refractivity contribution in [3.05, 3.63) is 53.3 Å². The van der Waals surface area contributed by atoms with Crippen LogP contribution in [0.15, 0.2) is 36.5 Å². The topological polar surface area (TPSA) is 93.7 Å². The van der Waals surface area contributed by atoms with Gasteiger partial charge in [0.1, 0.15) is 11.4 Å². The number of nitrogens with one attached hydrogen (secondary N) is 1. The van der Waals surface area contributed by atoms with Crippen molar-refractivity contribution in [3.63, 3.8) is 0 Å². The van der Waals surface area contributed by atoms with Crippen molar-refractivity contribution in [2.75, 3.05) is 26.2 Å². The third kappa shape index (κ3) is 3.40. The van der Waals surface area contributed by atoms with Gasteiger partial charge in [0.05, 0.1) is 5.56 Å². The SMILES string of the molecule is CC(=O)c1c[nH]c(C(=O)N2CCN(C(=O)c3ccccc3O)CC2)c1. The van der Waals surface area contributed by atoms with Crippen molar-refractivity contribution in [3.8, 4) is 5.75 Å². The number of aromatic amines is 1. The molecule has 1 aliphatic rings. The third-order valence-corrected chi connectivity index (χ3v) is 4.31. The van der Waals surface area contributed by atoms with Gasteiger partial charge in [-0.25, -0.2) is 0 Å². The molecule has 7 nitrogen and oxygen atoms in total. The van der Waals surface area contributed by atoms with Gasteiger partial charge in [0, 0.05) is 37.9 Å². The smallest absolute Gasteiger partial charge is 0.270 e. The second-order valence-electron chi connectivity index (χ2n) is 5.96. The lowest BCUT2D eigenvalue weighted by atomic mass is 10.1. The number of hydrogen-bond acceptors (Lipinski definition) is 4. The first-order valence-electron chi connectivity index (χ1n) is 8.03. The van der Waals surface area contributed by atoms with Gasteiger partial charge < -0.3 is 19.9 Å². The number of para-hydroxylation sites is 1. The first kappa shape index (κ1) is 16.8. The highest BCUT2D eigenvalue weighted by Gasteiger charge is 2.27. The van der Waals surface area contributed by atoms with Gasteiger partial charge >= 0.3 is 0 Å². The molecule has 0 saturated carbocycles. The van der Waals surface area contributed by atoms with Gasteiger partial charge in [-0.2, -0.15) is 0 Å². The first-order valence-corrected chi connectivity index (χ1v) is 8.03. The molecule has 1 aliphatic heterocycles. The number of benzene rings is 1. The van der Waals surface area contributed by atoms with E-state index < -0.39 is 0 Å². The summed E-state index contributed by atoms with van der Waals surface area (Å²) in [4.78, 5) is 42.4. The van der Waals surface area contributed by atoms with E-state index >= 15 is 0 Å². The summed E-state index contributed by atoms with van der Waals surface area (Å²) in [5, 5.41) is 9.80. The molecule has 2 heterocycles. The standard InChI is InChI=1S/C18H19N3O4/c1-12(22)13-10-15(19-11-13)18(25)21-8-6-20(7-9-21)17(24)14-4-2-3-5-16(14)23/h2-5,10-11,19,23H,6-9H2,1H3. The van der Waals surface area contributed by atoms with Crippen LogP contribution in [0.25, 0.3) is 0 Å². The summed E-state index contributed by atoms with van der Waals surface area (Å²) in [5.41, 5.74) is 1.10. The van der Waals surface area contributed by atoms with E-state index in [1.54, 1.807) is 34.1 Å². The van der Waals surface area contributed by atoms with E-state index in [1.807, 2.05) is 0 Å².